The van der Waals surface area contributed by atoms with Gasteiger partial charge in [0.25, 0.3) is 0 Å². The highest BCUT2D eigenvalue weighted by atomic mass is 28.4. The van der Waals surface area contributed by atoms with Gasteiger partial charge in [0, 0.05) is 12.2 Å². The van der Waals surface area contributed by atoms with Gasteiger partial charge < -0.3 is 9.53 Å². The number of aliphatic carboxylic acids is 1. The van der Waals surface area contributed by atoms with Gasteiger partial charge in [-0.05, 0) is 25.1 Å². The van der Waals surface area contributed by atoms with Gasteiger partial charge in [0.2, 0.25) is 8.32 Å². The lowest BCUT2D eigenvalue weighted by molar-refractivity contribution is -0.133. The average molecular weight is 270 g/mol. The predicted octanol–water partition coefficient (Wildman–Crippen LogP) is 2.96. The summed E-state index contributed by atoms with van der Waals surface area (Å²) in [4.78, 5) is 21.8. The molecule has 0 unspecified atom stereocenters. The standard InChI is InChI=1S/C13H22O4Si/c1-18(2,10-11-6-4-3-5-7-11)17-13(16)9-8-12(14)15/h8-9,11H,3-7,10H2,1-2H3,(H,14,15)/b9-8+. The Hall–Kier alpha value is -1.10. The fourth-order valence-corrected chi connectivity index (χ4v) is 5.07. The Balaban J connectivity index is 2.42. The molecule has 102 valence electrons. The van der Waals surface area contributed by atoms with Gasteiger partial charge in [-0.25, -0.2) is 9.59 Å². The Bertz CT molecular complexity index is 330. The van der Waals surface area contributed by atoms with Crippen LogP contribution in [-0.2, 0) is 14.0 Å². The molecule has 0 aromatic carbocycles. The highest BCUT2D eigenvalue weighted by Gasteiger charge is 2.30. The van der Waals surface area contributed by atoms with E-state index in [1.807, 2.05) is 13.1 Å². The maximum atomic E-state index is 11.5. The lowest BCUT2D eigenvalue weighted by Gasteiger charge is -2.29. The first-order valence-electron chi connectivity index (χ1n) is 6.53. The zero-order valence-electron chi connectivity index (χ0n) is 11.1. The molecule has 0 heterocycles. The predicted molar refractivity (Wildman–Crippen MR) is 71.7 cm³/mol. The van der Waals surface area contributed by atoms with Crippen molar-refractivity contribution < 1.29 is 19.1 Å². The number of hydrogen-bond donors (Lipinski definition) is 1. The van der Waals surface area contributed by atoms with Crippen LogP contribution in [0, 0.1) is 5.92 Å². The van der Waals surface area contributed by atoms with Crippen molar-refractivity contribution in [2.24, 2.45) is 5.92 Å². The van der Waals surface area contributed by atoms with E-state index in [2.05, 4.69) is 0 Å². The van der Waals surface area contributed by atoms with Gasteiger partial charge in [0.05, 0.1) is 0 Å². The van der Waals surface area contributed by atoms with Crippen LogP contribution in [0.1, 0.15) is 32.1 Å². The molecule has 0 bridgehead atoms. The Morgan fingerprint density at radius 2 is 1.83 bits per heavy atom. The Labute approximate surface area is 109 Å². The molecular formula is C13H22O4Si. The first-order chi connectivity index (χ1) is 8.39. The quantitative estimate of drug-likeness (QED) is 0.616. The monoisotopic (exact) mass is 270 g/mol. The molecule has 0 radical (unpaired) electrons. The summed E-state index contributed by atoms with van der Waals surface area (Å²) >= 11 is 0. The van der Waals surface area contributed by atoms with Gasteiger partial charge in [-0.3, -0.25) is 0 Å². The maximum absolute atomic E-state index is 11.5. The van der Waals surface area contributed by atoms with E-state index in [9.17, 15) is 9.59 Å². The topological polar surface area (TPSA) is 63.6 Å². The van der Waals surface area contributed by atoms with E-state index < -0.39 is 20.3 Å². The first-order valence-corrected chi connectivity index (χ1v) is 9.64. The average Bonchev–Trinajstić information content (AvgIpc) is 2.26. The van der Waals surface area contributed by atoms with E-state index in [1.165, 1.54) is 32.1 Å². The van der Waals surface area contributed by atoms with Crippen LogP contribution in [-0.4, -0.2) is 25.4 Å². The lowest BCUT2D eigenvalue weighted by atomic mass is 9.91. The van der Waals surface area contributed by atoms with Gasteiger partial charge in [-0.2, -0.15) is 0 Å². The maximum Gasteiger partial charge on any atom is 0.328 e. The van der Waals surface area contributed by atoms with E-state index in [1.54, 1.807) is 0 Å². The molecule has 0 spiro atoms. The van der Waals surface area contributed by atoms with Crippen molar-refractivity contribution in [3.8, 4) is 0 Å². The number of carbonyl (C=O) groups is 2. The highest BCUT2D eigenvalue weighted by Crippen LogP contribution is 2.31. The molecule has 0 atom stereocenters. The zero-order chi connectivity index (χ0) is 13.6. The van der Waals surface area contributed by atoms with Crippen LogP contribution >= 0.6 is 0 Å². The van der Waals surface area contributed by atoms with Crippen molar-refractivity contribution in [1.82, 2.24) is 0 Å². The number of carbonyl (C=O) groups excluding carboxylic acids is 1. The number of carboxylic acids is 1. The van der Waals surface area contributed by atoms with Crippen LogP contribution < -0.4 is 0 Å². The minimum Gasteiger partial charge on any atom is -0.517 e. The van der Waals surface area contributed by atoms with Crippen LogP contribution in [0.3, 0.4) is 0 Å². The first kappa shape index (κ1) is 15.0. The second-order valence-electron chi connectivity index (χ2n) is 5.56. The molecular weight excluding hydrogens is 248 g/mol. The molecule has 4 nitrogen and oxygen atoms in total. The molecule has 5 heteroatoms. The van der Waals surface area contributed by atoms with Crippen molar-refractivity contribution in [3.05, 3.63) is 12.2 Å². The van der Waals surface area contributed by atoms with E-state index in [0.717, 1.165) is 18.2 Å². The Morgan fingerprint density at radius 3 is 2.39 bits per heavy atom. The second kappa shape index (κ2) is 6.73. The van der Waals surface area contributed by atoms with Crippen LogP contribution in [0.15, 0.2) is 12.2 Å². The van der Waals surface area contributed by atoms with E-state index in [-0.39, 0.29) is 0 Å². The molecule has 1 fully saturated rings. The van der Waals surface area contributed by atoms with Crippen molar-refractivity contribution in [3.63, 3.8) is 0 Å². The fourth-order valence-electron chi connectivity index (χ4n) is 2.57. The molecule has 18 heavy (non-hydrogen) atoms. The minimum atomic E-state index is -2.02. The molecule has 1 aliphatic carbocycles. The number of carboxylic acid groups (broad SMARTS) is 1. The third-order valence-corrected chi connectivity index (χ3v) is 5.56. The molecule has 1 saturated carbocycles. The molecule has 0 aliphatic heterocycles. The smallest absolute Gasteiger partial charge is 0.328 e. The van der Waals surface area contributed by atoms with Gasteiger partial charge in [-0.15, -0.1) is 0 Å². The second-order valence-corrected chi connectivity index (χ2v) is 9.69. The van der Waals surface area contributed by atoms with Crippen LogP contribution in [0.5, 0.6) is 0 Å². The van der Waals surface area contributed by atoms with Crippen molar-refractivity contribution >= 4 is 20.3 Å². The number of rotatable bonds is 5. The Morgan fingerprint density at radius 1 is 1.22 bits per heavy atom. The van der Waals surface area contributed by atoms with Crippen molar-refractivity contribution in [1.29, 1.82) is 0 Å². The van der Waals surface area contributed by atoms with Crippen molar-refractivity contribution in [2.45, 2.75) is 51.2 Å². The third kappa shape index (κ3) is 6.00. The van der Waals surface area contributed by atoms with Gasteiger partial charge in [0.15, 0.2) is 0 Å². The van der Waals surface area contributed by atoms with Gasteiger partial charge in [-0.1, -0.05) is 32.1 Å². The largest absolute Gasteiger partial charge is 0.517 e. The van der Waals surface area contributed by atoms with E-state index in [0.29, 0.717) is 5.92 Å². The summed E-state index contributed by atoms with van der Waals surface area (Å²) in [5.74, 6) is -0.972. The van der Waals surface area contributed by atoms with Crippen LogP contribution in [0.25, 0.3) is 0 Å². The molecule has 1 aliphatic rings. The molecule has 0 saturated heterocycles. The normalized spacial score (nSPS) is 17.9. The zero-order valence-corrected chi connectivity index (χ0v) is 12.1. The van der Waals surface area contributed by atoms with Gasteiger partial charge in [0.1, 0.15) is 0 Å². The minimum absolute atomic E-state index is 0.523. The summed E-state index contributed by atoms with van der Waals surface area (Å²) in [5, 5.41) is 8.44. The number of hydrogen-bond acceptors (Lipinski definition) is 3. The van der Waals surface area contributed by atoms with Crippen LogP contribution in [0.4, 0.5) is 0 Å². The molecule has 0 amide bonds. The molecule has 0 aromatic rings. The van der Waals surface area contributed by atoms with Gasteiger partial charge >= 0.3 is 11.9 Å². The lowest BCUT2D eigenvalue weighted by Crippen LogP contribution is -2.35. The van der Waals surface area contributed by atoms with E-state index >= 15 is 0 Å². The van der Waals surface area contributed by atoms with Crippen molar-refractivity contribution in [2.75, 3.05) is 0 Å². The highest BCUT2D eigenvalue weighted by molar-refractivity contribution is 6.72. The Kier molecular flexibility index (Phi) is 5.59. The fraction of sp³-hybridized carbons (Fsp3) is 0.692. The SMILES string of the molecule is C[Si](C)(CC1CCCCC1)OC(=O)/C=C/C(=O)O. The molecule has 1 rings (SSSR count). The summed E-state index contributed by atoms with van der Waals surface area (Å²) < 4.78 is 5.44. The third-order valence-electron chi connectivity index (χ3n) is 3.24. The summed E-state index contributed by atoms with van der Waals surface area (Å²) in [7, 11) is -2.02. The molecule has 1 N–H and O–H groups in total. The summed E-state index contributed by atoms with van der Waals surface area (Å²) in [6, 6.07) is 0.986. The van der Waals surface area contributed by atoms with E-state index in [4.69, 9.17) is 9.53 Å². The summed E-state index contributed by atoms with van der Waals surface area (Å²) in [6.45, 7) is 4.04. The van der Waals surface area contributed by atoms with Crippen LogP contribution in [0.2, 0.25) is 19.1 Å². The summed E-state index contributed by atoms with van der Waals surface area (Å²) in [6.07, 6.45) is 8.17. The molecule has 0 aromatic heterocycles. The summed E-state index contributed by atoms with van der Waals surface area (Å²) in [5.41, 5.74) is 0.